The number of nitrogens with zero attached hydrogens (tertiary/aromatic N) is 1. The van der Waals surface area contributed by atoms with Crippen LogP contribution in [0.15, 0.2) is 12.4 Å². The first-order valence-corrected chi connectivity index (χ1v) is 5.10. The molecule has 72 valence electrons. The molecule has 0 aromatic carbocycles. The second-order valence-corrected chi connectivity index (χ2v) is 3.95. The number of hydrogen-bond donors (Lipinski definition) is 2. The quantitative estimate of drug-likeness (QED) is 0.738. The molecule has 0 aliphatic heterocycles. The Labute approximate surface area is 78.7 Å². The third-order valence-corrected chi connectivity index (χ3v) is 2.99. The Hall–Kier alpha value is -0.830. The lowest BCUT2D eigenvalue weighted by atomic mass is 9.96. The number of aromatic amines is 1. The number of imidazole rings is 1. The Bertz CT molecular complexity index is 237. The molecule has 1 unspecified atom stereocenters. The fourth-order valence-electron chi connectivity index (χ4n) is 2.19. The lowest BCUT2D eigenvalue weighted by Crippen LogP contribution is -2.31. The van der Waals surface area contributed by atoms with Crippen LogP contribution in [0.2, 0.25) is 0 Å². The molecule has 0 amide bonds. The molecule has 1 aromatic heterocycles. The molecule has 1 fully saturated rings. The molecule has 1 aromatic rings. The maximum atomic E-state index is 6.11. The van der Waals surface area contributed by atoms with Crippen LogP contribution in [-0.4, -0.2) is 16.0 Å². The predicted octanol–water partition coefficient (Wildman–Crippen LogP) is 1.47. The Morgan fingerprint density at radius 3 is 2.92 bits per heavy atom. The normalized spacial score (nSPS) is 20.7. The van der Waals surface area contributed by atoms with Gasteiger partial charge in [-0.05, 0) is 18.8 Å². The van der Waals surface area contributed by atoms with Crippen LogP contribution in [0.5, 0.6) is 0 Å². The van der Waals surface area contributed by atoms with Gasteiger partial charge in [-0.1, -0.05) is 12.8 Å². The van der Waals surface area contributed by atoms with E-state index in [2.05, 4.69) is 9.97 Å². The van der Waals surface area contributed by atoms with Gasteiger partial charge < -0.3 is 10.7 Å². The van der Waals surface area contributed by atoms with Crippen LogP contribution in [0, 0.1) is 5.92 Å². The minimum atomic E-state index is 0.300. The highest BCUT2D eigenvalue weighted by Crippen LogP contribution is 2.27. The van der Waals surface area contributed by atoms with E-state index >= 15 is 0 Å². The molecule has 1 aliphatic carbocycles. The van der Waals surface area contributed by atoms with Gasteiger partial charge in [0.05, 0.1) is 0 Å². The van der Waals surface area contributed by atoms with Crippen molar-refractivity contribution in [3.05, 3.63) is 18.2 Å². The molecule has 1 heterocycles. The third-order valence-electron chi connectivity index (χ3n) is 2.99. The van der Waals surface area contributed by atoms with Gasteiger partial charge in [0.15, 0.2) is 0 Å². The van der Waals surface area contributed by atoms with Gasteiger partial charge in [-0.3, -0.25) is 0 Å². The average Bonchev–Trinajstić information content (AvgIpc) is 2.74. The molecule has 1 atom stereocenters. The molecule has 1 aliphatic rings. The van der Waals surface area contributed by atoms with Crippen molar-refractivity contribution < 1.29 is 0 Å². The molecule has 2 rings (SSSR count). The molecular formula is C10H17N3. The summed E-state index contributed by atoms with van der Waals surface area (Å²) < 4.78 is 0. The summed E-state index contributed by atoms with van der Waals surface area (Å²) in [7, 11) is 0. The maximum absolute atomic E-state index is 6.11. The first-order valence-electron chi connectivity index (χ1n) is 5.10. The molecule has 13 heavy (non-hydrogen) atoms. The molecule has 0 spiro atoms. The summed E-state index contributed by atoms with van der Waals surface area (Å²) in [5.41, 5.74) is 6.11. The minimum absolute atomic E-state index is 0.300. The van der Waals surface area contributed by atoms with E-state index < -0.39 is 0 Å². The van der Waals surface area contributed by atoms with E-state index in [1.807, 2.05) is 6.20 Å². The second kappa shape index (κ2) is 3.92. The van der Waals surface area contributed by atoms with Crippen LogP contribution in [-0.2, 0) is 6.42 Å². The Kier molecular flexibility index (Phi) is 2.64. The number of rotatable bonds is 3. The van der Waals surface area contributed by atoms with Gasteiger partial charge in [-0.2, -0.15) is 0 Å². The van der Waals surface area contributed by atoms with Crippen molar-refractivity contribution in [2.24, 2.45) is 11.7 Å². The standard InChI is InChI=1S/C10H17N3/c11-9(8-3-1-2-4-8)7-10-12-5-6-13-10/h5-6,8-9H,1-4,7,11H2,(H,12,13). The van der Waals surface area contributed by atoms with E-state index in [1.54, 1.807) is 6.20 Å². The van der Waals surface area contributed by atoms with E-state index in [4.69, 9.17) is 5.73 Å². The van der Waals surface area contributed by atoms with Gasteiger partial charge in [-0.15, -0.1) is 0 Å². The van der Waals surface area contributed by atoms with Crippen LogP contribution >= 0.6 is 0 Å². The van der Waals surface area contributed by atoms with Gasteiger partial charge in [0.1, 0.15) is 5.82 Å². The fraction of sp³-hybridized carbons (Fsp3) is 0.700. The number of aromatic nitrogens is 2. The smallest absolute Gasteiger partial charge is 0.107 e. The van der Waals surface area contributed by atoms with E-state index in [-0.39, 0.29) is 0 Å². The van der Waals surface area contributed by atoms with Crippen molar-refractivity contribution in [2.75, 3.05) is 0 Å². The van der Waals surface area contributed by atoms with E-state index in [0.29, 0.717) is 6.04 Å². The van der Waals surface area contributed by atoms with Crippen molar-refractivity contribution in [3.8, 4) is 0 Å². The van der Waals surface area contributed by atoms with Crippen LogP contribution in [0.4, 0.5) is 0 Å². The topological polar surface area (TPSA) is 54.7 Å². The zero-order valence-electron chi connectivity index (χ0n) is 7.87. The summed E-state index contributed by atoms with van der Waals surface area (Å²) in [5, 5.41) is 0. The second-order valence-electron chi connectivity index (χ2n) is 3.95. The minimum Gasteiger partial charge on any atom is -0.349 e. The van der Waals surface area contributed by atoms with Gasteiger partial charge in [0, 0.05) is 24.9 Å². The molecule has 1 saturated carbocycles. The number of hydrogen-bond acceptors (Lipinski definition) is 2. The summed E-state index contributed by atoms with van der Waals surface area (Å²) >= 11 is 0. The Balaban J connectivity index is 1.87. The zero-order chi connectivity index (χ0) is 9.10. The van der Waals surface area contributed by atoms with Crippen molar-refractivity contribution >= 4 is 0 Å². The van der Waals surface area contributed by atoms with Crippen molar-refractivity contribution in [1.29, 1.82) is 0 Å². The molecule has 0 radical (unpaired) electrons. The monoisotopic (exact) mass is 179 g/mol. The molecule has 0 saturated heterocycles. The van der Waals surface area contributed by atoms with Crippen LogP contribution in [0.3, 0.4) is 0 Å². The number of nitrogens with one attached hydrogen (secondary N) is 1. The largest absolute Gasteiger partial charge is 0.349 e. The lowest BCUT2D eigenvalue weighted by molar-refractivity contribution is 0.424. The van der Waals surface area contributed by atoms with Crippen LogP contribution in [0.25, 0.3) is 0 Å². The first-order chi connectivity index (χ1) is 6.36. The third kappa shape index (κ3) is 2.10. The molecule has 0 bridgehead atoms. The summed E-state index contributed by atoms with van der Waals surface area (Å²) in [4.78, 5) is 7.29. The number of H-pyrrole nitrogens is 1. The first kappa shape index (κ1) is 8.75. The van der Waals surface area contributed by atoms with E-state index in [1.165, 1.54) is 25.7 Å². The highest BCUT2D eigenvalue weighted by atomic mass is 14.9. The average molecular weight is 179 g/mol. The van der Waals surface area contributed by atoms with Crippen molar-refractivity contribution in [1.82, 2.24) is 9.97 Å². The van der Waals surface area contributed by atoms with Gasteiger partial charge in [0.25, 0.3) is 0 Å². The highest BCUT2D eigenvalue weighted by Gasteiger charge is 2.22. The summed E-state index contributed by atoms with van der Waals surface area (Å²) in [5.74, 6) is 1.75. The van der Waals surface area contributed by atoms with Gasteiger partial charge in [-0.25, -0.2) is 4.98 Å². The molecule has 3 heteroatoms. The Morgan fingerprint density at radius 1 is 1.54 bits per heavy atom. The van der Waals surface area contributed by atoms with Crippen LogP contribution < -0.4 is 5.73 Å². The van der Waals surface area contributed by atoms with Crippen LogP contribution in [0.1, 0.15) is 31.5 Å². The summed E-state index contributed by atoms with van der Waals surface area (Å²) in [6, 6.07) is 0.300. The predicted molar refractivity (Wildman–Crippen MR) is 52.2 cm³/mol. The lowest BCUT2D eigenvalue weighted by Gasteiger charge is -2.17. The van der Waals surface area contributed by atoms with Crippen molar-refractivity contribution in [3.63, 3.8) is 0 Å². The summed E-state index contributed by atoms with van der Waals surface area (Å²) in [6.45, 7) is 0. The number of nitrogens with two attached hydrogens (primary N) is 1. The van der Waals surface area contributed by atoms with E-state index in [0.717, 1.165) is 18.2 Å². The SMILES string of the molecule is NC(Cc1ncc[nH]1)C1CCCC1. The fourth-order valence-corrected chi connectivity index (χ4v) is 2.19. The van der Waals surface area contributed by atoms with Gasteiger partial charge >= 0.3 is 0 Å². The molecule has 3 nitrogen and oxygen atoms in total. The highest BCUT2D eigenvalue weighted by molar-refractivity contribution is 4.92. The molecular weight excluding hydrogens is 162 g/mol. The molecule has 3 N–H and O–H groups in total. The van der Waals surface area contributed by atoms with Crippen molar-refractivity contribution in [2.45, 2.75) is 38.1 Å². The van der Waals surface area contributed by atoms with E-state index in [9.17, 15) is 0 Å². The zero-order valence-corrected chi connectivity index (χ0v) is 7.87. The Morgan fingerprint density at radius 2 is 2.31 bits per heavy atom. The maximum Gasteiger partial charge on any atom is 0.107 e. The van der Waals surface area contributed by atoms with Gasteiger partial charge in [0.2, 0.25) is 0 Å². The summed E-state index contributed by atoms with van der Waals surface area (Å²) in [6.07, 6.45) is 9.88.